The Morgan fingerprint density at radius 3 is 2.67 bits per heavy atom. The maximum Gasteiger partial charge on any atom is 0.120 e. The number of hydrogen-bond acceptors (Lipinski definition) is 3. The van der Waals surface area contributed by atoms with Gasteiger partial charge in [0.15, 0.2) is 0 Å². The number of piperidine rings is 1. The second kappa shape index (κ2) is 4.22. The molecule has 0 aromatic carbocycles. The molecule has 0 bridgehead atoms. The predicted octanol–water partition coefficient (Wildman–Crippen LogP) is 0.859. The van der Waals surface area contributed by atoms with Gasteiger partial charge in [-0.25, -0.2) is 0 Å². The first-order valence-electron chi connectivity index (χ1n) is 4.39. The Labute approximate surface area is 72.8 Å². The monoisotopic (exact) mass is 166 g/mol. The van der Waals surface area contributed by atoms with Gasteiger partial charge in [0.05, 0.1) is 11.5 Å². The van der Waals surface area contributed by atoms with E-state index in [1.807, 2.05) is 0 Å². The van der Waals surface area contributed by atoms with E-state index in [2.05, 4.69) is 11.4 Å². The number of aldehydes is 1. The zero-order valence-electron chi connectivity index (χ0n) is 7.18. The SMILES string of the molecule is N#CC1(CCC=O)CCNCC1. The number of rotatable bonds is 3. The van der Waals surface area contributed by atoms with Crippen molar-refractivity contribution in [3.8, 4) is 6.07 Å². The highest BCUT2D eigenvalue weighted by Crippen LogP contribution is 2.32. The number of carbonyl (C=O) groups is 1. The van der Waals surface area contributed by atoms with E-state index in [0.29, 0.717) is 6.42 Å². The molecule has 1 rings (SSSR count). The quantitative estimate of drug-likeness (QED) is 0.632. The number of carbonyl (C=O) groups excluding carboxylic acids is 1. The van der Waals surface area contributed by atoms with Crippen molar-refractivity contribution in [1.82, 2.24) is 5.32 Å². The van der Waals surface area contributed by atoms with Crippen molar-refractivity contribution in [3.63, 3.8) is 0 Å². The Bertz CT molecular complexity index is 189. The molecule has 0 aromatic heterocycles. The van der Waals surface area contributed by atoms with E-state index in [1.165, 1.54) is 0 Å². The minimum atomic E-state index is -0.216. The van der Waals surface area contributed by atoms with E-state index in [0.717, 1.165) is 38.6 Å². The Hall–Kier alpha value is -0.880. The molecule has 1 heterocycles. The van der Waals surface area contributed by atoms with Crippen LogP contribution in [0.2, 0.25) is 0 Å². The fourth-order valence-electron chi connectivity index (χ4n) is 1.66. The zero-order chi connectivity index (χ0) is 8.86. The average Bonchev–Trinajstić information content (AvgIpc) is 2.16. The Kier molecular flexibility index (Phi) is 3.24. The van der Waals surface area contributed by atoms with Gasteiger partial charge in [0.2, 0.25) is 0 Å². The minimum Gasteiger partial charge on any atom is -0.317 e. The van der Waals surface area contributed by atoms with Crippen molar-refractivity contribution in [3.05, 3.63) is 0 Å². The summed E-state index contributed by atoms with van der Waals surface area (Å²) in [7, 11) is 0. The van der Waals surface area contributed by atoms with Crippen molar-refractivity contribution < 1.29 is 4.79 Å². The van der Waals surface area contributed by atoms with E-state index in [9.17, 15) is 4.79 Å². The predicted molar refractivity (Wildman–Crippen MR) is 45.4 cm³/mol. The molecule has 1 saturated heterocycles. The van der Waals surface area contributed by atoms with Gasteiger partial charge in [-0.05, 0) is 32.4 Å². The Morgan fingerprint density at radius 2 is 2.17 bits per heavy atom. The largest absolute Gasteiger partial charge is 0.317 e. The summed E-state index contributed by atoms with van der Waals surface area (Å²) in [5.74, 6) is 0. The summed E-state index contributed by atoms with van der Waals surface area (Å²) in [4.78, 5) is 10.2. The van der Waals surface area contributed by atoms with E-state index in [1.54, 1.807) is 0 Å². The lowest BCUT2D eigenvalue weighted by Crippen LogP contribution is -2.35. The molecule has 1 fully saturated rings. The molecule has 12 heavy (non-hydrogen) atoms. The van der Waals surface area contributed by atoms with Crippen LogP contribution in [0.15, 0.2) is 0 Å². The third-order valence-electron chi connectivity index (χ3n) is 2.54. The van der Waals surface area contributed by atoms with Crippen LogP contribution in [0.1, 0.15) is 25.7 Å². The molecule has 0 atom stereocenters. The van der Waals surface area contributed by atoms with Crippen molar-refractivity contribution in [1.29, 1.82) is 5.26 Å². The maximum atomic E-state index is 10.2. The molecule has 0 saturated carbocycles. The van der Waals surface area contributed by atoms with Crippen LogP contribution in [0.5, 0.6) is 0 Å². The number of nitrogens with one attached hydrogen (secondary N) is 1. The lowest BCUT2D eigenvalue weighted by Gasteiger charge is -2.30. The smallest absolute Gasteiger partial charge is 0.120 e. The molecule has 1 aliphatic heterocycles. The lowest BCUT2D eigenvalue weighted by atomic mass is 9.77. The van der Waals surface area contributed by atoms with Gasteiger partial charge in [-0.3, -0.25) is 0 Å². The normalized spacial score (nSPS) is 21.2. The van der Waals surface area contributed by atoms with Crippen molar-refractivity contribution in [2.24, 2.45) is 5.41 Å². The van der Waals surface area contributed by atoms with Crippen molar-refractivity contribution in [2.45, 2.75) is 25.7 Å². The summed E-state index contributed by atoms with van der Waals surface area (Å²) in [6.07, 6.45) is 3.93. The third kappa shape index (κ3) is 2.05. The molecule has 1 aliphatic rings. The topological polar surface area (TPSA) is 52.9 Å². The number of hydrogen-bond donors (Lipinski definition) is 1. The van der Waals surface area contributed by atoms with Gasteiger partial charge < -0.3 is 10.1 Å². The molecular formula is C9H14N2O. The highest BCUT2D eigenvalue weighted by Gasteiger charge is 2.30. The third-order valence-corrected chi connectivity index (χ3v) is 2.54. The molecule has 0 radical (unpaired) electrons. The van der Waals surface area contributed by atoms with Crippen LogP contribution in [-0.2, 0) is 4.79 Å². The van der Waals surface area contributed by atoms with Crippen LogP contribution >= 0.6 is 0 Å². The molecule has 0 spiro atoms. The van der Waals surface area contributed by atoms with Gasteiger partial charge in [0, 0.05) is 6.42 Å². The van der Waals surface area contributed by atoms with Crippen LogP contribution < -0.4 is 5.32 Å². The standard InChI is InChI=1S/C9H14N2O/c10-8-9(2-1-7-12)3-5-11-6-4-9/h7,11H,1-6H2. The van der Waals surface area contributed by atoms with E-state index >= 15 is 0 Å². The van der Waals surface area contributed by atoms with Crippen LogP contribution in [0.4, 0.5) is 0 Å². The van der Waals surface area contributed by atoms with E-state index in [4.69, 9.17) is 5.26 Å². The molecular weight excluding hydrogens is 152 g/mol. The molecule has 3 nitrogen and oxygen atoms in total. The highest BCUT2D eigenvalue weighted by molar-refractivity contribution is 5.49. The summed E-state index contributed by atoms with van der Waals surface area (Å²) >= 11 is 0. The fraction of sp³-hybridized carbons (Fsp3) is 0.778. The molecule has 1 N–H and O–H groups in total. The first-order valence-corrected chi connectivity index (χ1v) is 4.39. The number of nitrogens with zero attached hydrogens (tertiary/aromatic N) is 1. The van der Waals surface area contributed by atoms with Crippen LogP contribution in [0.3, 0.4) is 0 Å². The first-order chi connectivity index (χ1) is 5.83. The fourth-order valence-corrected chi connectivity index (χ4v) is 1.66. The minimum absolute atomic E-state index is 0.216. The van der Waals surface area contributed by atoms with Gasteiger partial charge in [0.1, 0.15) is 6.29 Å². The molecule has 0 amide bonds. The van der Waals surface area contributed by atoms with Gasteiger partial charge in [-0.1, -0.05) is 0 Å². The summed E-state index contributed by atoms with van der Waals surface area (Å²) < 4.78 is 0. The second-order valence-electron chi connectivity index (χ2n) is 3.35. The average molecular weight is 166 g/mol. The first kappa shape index (κ1) is 9.21. The van der Waals surface area contributed by atoms with Crippen molar-refractivity contribution >= 4 is 6.29 Å². The maximum absolute atomic E-state index is 10.2. The molecule has 0 aliphatic carbocycles. The Balaban J connectivity index is 2.49. The van der Waals surface area contributed by atoms with E-state index in [-0.39, 0.29) is 5.41 Å². The van der Waals surface area contributed by atoms with Gasteiger partial charge in [-0.15, -0.1) is 0 Å². The summed E-state index contributed by atoms with van der Waals surface area (Å²) in [6, 6.07) is 2.35. The van der Waals surface area contributed by atoms with Crippen LogP contribution in [-0.4, -0.2) is 19.4 Å². The molecule has 0 aromatic rings. The molecule has 3 heteroatoms. The van der Waals surface area contributed by atoms with E-state index < -0.39 is 0 Å². The van der Waals surface area contributed by atoms with Gasteiger partial charge in [0.25, 0.3) is 0 Å². The second-order valence-corrected chi connectivity index (χ2v) is 3.35. The van der Waals surface area contributed by atoms with Gasteiger partial charge in [-0.2, -0.15) is 5.26 Å². The highest BCUT2D eigenvalue weighted by atomic mass is 16.1. The zero-order valence-corrected chi connectivity index (χ0v) is 7.18. The summed E-state index contributed by atoms with van der Waals surface area (Å²) in [5, 5.41) is 12.2. The number of nitriles is 1. The van der Waals surface area contributed by atoms with Crippen LogP contribution in [0, 0.1) is 16.7 Å². The summed E-state index contributed by atoms with van der Waals surface area (Å²) in [5.41, 5.74) is -0.216. The molecule has 66 valence electrons. The van der Waals surface area contributed by atoms with Crippen molar-refractivity contribution in [2.75, 3.05) is 13.1 Å². The molecule has 0 unspecified atom stereocenters. The van der Waals surface area contributed by atoms with Gasteiger partial charge >= 0.3 is 0 Å². The lowest BCUT2D eigenvalue weighted by molar-refractivity contribution is -0.108. The van der Waals surface area contributed by atoms with Crippen LogP contribution in [0.25, 0.3) is 0 Å². The summed E-state index contributed by atoms with van der Waals surface area (Å²) in [6.45, 7) is 1.82. The Morgan fingerprint density at radius 1 is 1.50 bits per heavy atom.